The van der Waals surface area contributed by atoms with E-state index < -0.39 is 15.8 Å². The van der Waals surface area contributed by atoms with Crippen LogP contribution in [-0.2, 0) is 24.2 Å². The van der Waals surface area contributed by atoms with Crippen molar-refractivity contribution in [3.63, 3.8) is 0 Å². The Morgan fingerprint density at radius 3 is 2.44 bits per heavy atom. The molecule has 148 valence electrons. The number of ether oxygens (including phenoxy) is 2. The van der Waals surface area contributed by atoms with Crippen LogP contribution in [-0.4, -0.2) is 62.0 Å². The molecule has 1 aliphatic heterocycles. The SMILES string of the molecule is Cc1ccc(OCC(=O)OCC(=O)N(C2CC2)[C@@H]2CCS(=O)(=O)C2)c(C)c1. The highest BCUT2D eigenvalue weighted by molar-refractivity contribution is 7.91. The zero-order chi connectivity index (χ0) is 19.6. The average molecular weight is 395 g/mol. The number of hydrogen-bond acceptors (Lipinski definition) is 6. The molecule has 3 rings (SSSR count). The van der Waals surface area contributed by atoms with E-state index in [-0.39, 0.29) is 42.7 Å². The Bertz CT molecular complexity index is 831. The molecule has 0 N–H and O–H groups in total. The molecule has 1 aromatic carbocycles. The Morgan fingerprint density at radius 2 is 1.85 bits per heavy atom. The summed E-state index contributed by atoms with van der Waals surface area (Å²) in [5.74, 6) is -0.256. The van der Waals surface area contributed by atoms with E-state index in [1.54, 1.807) is 11.0 Å². The van der Waals surface area contributed by atoms with Crippen molar-refractivity contribution in [2.45, 2.75) is 45.2 Å². The molecule has 1 aromatic rings. The van der Waals surface area contributed by atoms with Crippen molar-refractivity contribution in [2.24, 2.45) is 0 Å². The van der Waals surface area contributed by atoms with E-state index in [4.69, 9.17) is 9.47 Å². The number of carbonyl (C=O) groups is 2. The maximum absolute atomic E-state index is 12.5. The van der Waals surface area contributed by atoms with Crippen LogP contribution in [0.1, 0.15) is 30.4 Å². The van der Waals surface area contributed by atoms with Crippen LogP contribution in [0.15, 0.2) is 18.2 Å². The highest BCUT2D eigenvalue weighted by Gasteiger charge is 2.42. The summed E-state index contributed by atoms with van der Waals surface area (Å²) in [5, 5.41) is 0. The molecule has 0 unspecified atom stereocenters. The van der Waals surface area contributed by atoms with Crippen molar-refractivity contribution >= 4 is 21.7 Å². The number of amides is 1. The monoisotopic (exact) mass is 395 g/mol. The number of carbonyl (C=O) groups excluding carboxylic acids is 2. The molecule has 0 bridgehead atoms. The van der Waals surface area contributed by atoms with E-state index in [1.807, 2.05) is 26.0 Å². The van der Waals surface area contributed by atoms with Crippen molar-refractivity contribution in [3.05, 3.63) is 29.3 Å². The lowest BCUT2D eigenvalue weighted by Gasteiger charge is -2.28. The summed E-state index contributed by atoms with van der Waals surface area (Å²) in [7, 11) is -3.08. The normalized spacial score (nSPS) is 20.9. The van der Waals surface area contributed by atoms with Gasteiger partial charge in [0.25, 0.3) is 5.91 Å². The minimum absolute atomic E-state index is 0.000994. The standard InChI is InChI=1S/C19H25NO6S/c1-13-3-6-17(14(2)9-13)25-11-19(22)26-10-18(21)20(15-4-5-15)16-7-8-27(23,24)12-16/h3,6,9,15-16H,4-5,7-8,10-12H2,1-2H3/t16-/m1/s1. The fourth-order valence-corrected chi connectivity index (χ4v) is 5.12. The van der Waals surface area contributed by atoms with Crippen molar-refractivity contribution in [3.8, 4) is 5.75 Å². The minimum atomic E-state index is -3.08. The van der Waals surface area contributed by atoms with Crippen molar-refractivity contribution in [1.82, 2.24) is 4.90 Å². The summed E-state index contributed by atoms with van der Waals surface area (Å²) in [4.78, 5) is 26.0. The second kappa shape index (κ2) is 7.88. The van der Waals surface area contributed by atoms with E-state index in [9.17, 15) is 18.0 Å². The Morgan fingerprint density at radius 1 is 1.11 bits per heavy atom. The summed E-state index contributed by atoms with van der Waals surface area (Å²) in [6.45, 7) is 3.19. The summed E-state index contributed by atoms with van der Waals surface area (Å²) >= 11 is 0. The van der Waals surface area contributed by atoms with Gasteiger partial charge in [-0.15, -0.1) is 0 Å². The van der Waals surface area contributed by atoms with Crippen LogP contribution in [0.2, 0.25) is 0 Å². The Hall–Kier alpha value is -2.09. The van der Waals surface area contributed by atoms with Crippen LogP contribution >= 0.6 is 0 Å². The average Bonchev–Trinajstić information content (AvgIpc) is 3.35. The number of esters is 1. The first kappa shape index (κ1) is 19.7. The molecule has 1 heterocycles. The molecule has 0 aromatic heterocycles. The van der Waals surface area contributed by atoms with Crippen LogP contribution in [0.3, 0.4) is 0 Å². The van der Waals surface area contributed by atoms with Crippen LogP contribution in [0.5, 0.6) is 5.75 Å². The molecule has 1 saturated carbocycles. The van der Waals surface area contributed by atoms with E-state index in [1.165, 1.54) is 0 Å². The summed E-state index contributed by atoms with van der Waals surface area (Å²) in [6, 6.07) is 5.40. The van der Waals surface area contributed by atoms with Gasteiger partial charge in [-0.3, -0.25) is 4.79 Å². The second-order valence-electron chi connectivity index (χ2n) is 7.31. The maximum atomic E-state index is 12.5. The first-order valence-electron chi connectivity index (χ1n) is 9.12. The highest BCUT2D eigenvalue weighted by atomic mass is 32.2. The van der Waals surface area contributed by atoms with Gasteiger partial charge >= 0.3 is 5.97 Å². The zero-order valence-corrected chi connectivity index (χ0v) is 16.5. The summed E-state index contributed by atoms with van der Waals surface area (Å²) in [6.07, 6.45) is 2.19. The molecule has 1 saturated heterocycles. The van der Waals surface area contributed by atoms with E-state index in [0.717, 1.165) is 24.0 Å². The molecule has 8 heteroatoms. The molecular formula is C19H25NO6S. The molecule has 2 aliphatic rings. The number of rotatable bonds is 7. The first-order valence-corrected chi connectivity index (χ1v) is 10.9. The predicted molar refractivity (Wildman–Crippen MR) is 99.3 cm³/mol. The van der Waals surface area contributed by atoms with Gasteiger partial charge in [0.15, 0.2) is 23.1 Å². The molecule has 0 radical (unpaired) electrons. The van der Waals surface area contributed by atoms with Gasteiger partial charge in [-0.05, 0) is 44.7 Å². The molecular weight excluding hydrogens is 370 g/mol. The van der Waals surface area contributed by atoms with Crippen molar-refractivity contribution < 1.29 is 27.5 Å². The van der Waals surface area contributed by atoms with Crippen molar-refractivity contribution in [1.29, 1.82) is 0 Å². The number of benzene rings is 1. The molecule has 1 atom stereocenters. The maximum Gasteiger partial charge on any atom is 0.344 e. The quantitative estimate of drug-likeness (QED) is 0.649. The van der Waals surface area contributed by atoms with Gasteiger partial charge in [0.1, 0.15) is 5.75 Å². The van der Waals surface area contributed by atoms with Crippen molar-refractivity contribution in [2.75, 3.05) is 24.7 Å². The van der Waals surface area contributed by atoms with Gasteiger partial charge in [0, 0.05) is 12.1 Å². The summed E-state index contributed by atoms with van der Waals surface area (Å²) in [5.41, 5.74) is 2.02. The number of aryl methyl sites for hydroxylation is 2. The van der Waals surface area contributed by atoms with E-state index >= 15 is 0 Å². The van der Waals surface area contributed by atoms with E-state index in [2.05, 4.69) is 0 Å². The topological polar surface area (TPSA) is 90.0 Å². The Kier molecular flexibility index (Phi) is 5.74. The highest BCUT2D eigenvalue weighted by Crippen LogP contribution is 2.32. The first-order chi connectivity index (χ1) is 12.7. The van der Waals surface area contributed by atoms with Gasteiger partial charge in [-0.25, -0.2) is 13.2 Å². The summed E-state index contributed by atoms with van der Waals surface area (Å²) < 4.78 is 33.9. The Balaban J connectivity index is 1.49. The number of nitrogens with zero attached hydrogens (tertiary/aromatic N) is 1. The van der Waals surface area contributed by atoms with Crippen LogP contribution in [0.25, 0.3) is 0 Å². The smallest absolute Gasteiger partial charge is 0.344 e. The van der Waals surface area contributed by atoms with Crippen LogP contribution in [0.4, 0.5) is 0 Å². The van der Waals surface area contributed by atoms with Gasteiger partial charge in [-0.1, -0.05) is 17.7 Å². The largest absolute Gasteiger partial charge is 0.482 e. The predicted octanol–water partition coefficient (Wildman–Crippen LogP) is 1.40. The van der Waals surface area contributed by atoms with Gasteiger partial charge < -0.3 is 14.4 Å². The lowest BCUT2D eigenvalue weighted by molar-refractivity contribution is -0.154. The fourth-order valence-electron chi connectivity index (χ4n) is 3.41. The number of sulfone groups is 1. The molecule has 7 nitrogen and oxygen atoms in total. The van der Waals surface area contributed by atoms with Gasteiger partial charge in [0.2, 0.25) is 0 Å². The molecule has 1 amide bonds. The second-order valence-corrected chi connectivity index (χ2v) is 9.54. The van der Waals surface area contributed by atoms with Gasteiger partial charge in [0.05, 0.1) is 11.5 Å². The molecule has 1 aliphatic carbocycles. The molecule has 27 heavy (non-hydrogen) atoms. The lowest BCUT2D eigenvalue weighted by atomic mass is 10.1. The van der Waals surface area contributed by atoms with E-state index in [0.29, 0.717) is 12.2 Å². The number of hydrogen-bond donors (Lipinski definition) is 0. The fraction of sp³-hybridized carbons (Fsp3) is 0.579. The van der Waals surface area contributed by atoms with Crippen LogP contribution in [0, 0.1) is 13.8 Å². The lowest BCUT2D eigenvalue weighted by Crippen LogP contribution is -2.45. The Labute approximate surface area is 159 Å². The zero-order valence-electron chi connectivity index (χ0n) is 15.6. The van der Waals surface area contributed by atoms with Crippen LogP contribution < -0.4 is 4.74 Å². The third-order valence-corrected chi connectivity index (χ3v) is 6.61. The minimum Gasteiger partial charge on any atom is -0.482 e. The molecule has 0 spiro atoms. The van der Waals surface area contributed by atoms with Gasteiger partial charge in [-0.2, -0.15) is 0 Å². The molecule has 2 fully saturated rings. The third kappa shape index (κ3) is 5.22. The third-order valence-electron chi connectivity index (χ3n) is 4.86.